The number of anilines is 1. The first kappa shape index (κ1) is 15.3. The van der Waals surface area contributed by atoms with Gasteiger partial charge in [-0.05, 0) is 36.5 Å². The lowest BCUT2D eigenvalue weighted by Crippen LogP contribution is -2.31. The molecule has 0 aliphatic carbocycles. The summed E-state index contributed by atoms with van der Waals surface area (Å²) in [6.45, 7) is 4.11. The molecule has 4 nitrogen and oxygen atoms in total. The summed E-state index contributed by atoms with van der Waals surface area (Å²) in [4.78, 5) is 2.31. The predicted octanol–water partition coefficient (Wildman–Crippen LogP) is 1.72. The fourth-order valence-corrected chi connectivity index (χ4v) is 3.56. The highest BCUT2D eigenvalue weighted by Crippen LogP contribution is 2.28. The molecule has 1 heterocycles. The number of nitrogens with two attached hydrogens (primary N) is 1. The minimum absolute atomic E-state index is 0.240. The van der Waals surface area contributed by atoms with Gasteiger partial charge in [-0.3, -0.25) is 0 Å². The zero-order valence-electron chi connectivity index (χ0n) is 12.1. The zero-order valence-corrected chi connectivity index (χ0v) is 13.0. The maximum Gasteiger partial charge on any atom is 0.150 e. The van der Waals surface area contributed by atoms with Crippen LogP contribution in [0, 0.1) is 0 Å². The molecule has 0 bridgehead atoms. The second kappa shape index (κ2) is 6.59. The molecule has 0 saturated heterocycles. The Balaban J connectivity index is 2.02. The Morgan fingerprint density at radius 1 is 1.35 bits per heavy atom. The molecule has 0 unspecified atom stereocenters. The zero-order chi connectivity index (χ0) is 14.6. The second-order valence-corrected chi connectivity index (χ2v) is 7.82. The molecule has 1 aromatic carbocycles. The van der Waals surface area contributed by atoms with Gasteiger partial charge in [-0.25, -0.2) is 8.42 Å². The number of nitrogens with zero attached hydrogens (tertiary/aromatic N) is 1. The van der Waals surface area contributed by atoms with Crippen molar-refractivity contribution < 1.29 is 8.42 Å². The molecule has 0 atom stereocenters. The largest absolute Gasteiger partial charge is 0.371 e. The van der Waals surface area contributed by atoms with Crippen molar-refractivity contribution in [3.05, 3.63) is 29.3 Å². The van der Waals surface area contributed by atoms with E-state index in [0.29, 0.717) is 13.0 Å². The van der Waals surface area contributed by atoms with Gasteiger partial charge in [0.15, 0.2) is 0 Å². The van der Waals surface area contributed by atoms with E-state index in [9.17, 15) is 8.42 Å². The number of rotatable bonds is 6. The quantitative estimate of drug-likeness (QED) is 0.868. The van der Waals surface area contributed by atoms with Gasteiger partial charge >= 0.3 is 0 Å². The summed E-state index contributed by atoms with van der Waals surface area (Å²) < 4.78 is 23.1. The molecule has 1 aliphatic heterocycles. The van der Waals surface area contributed by atoms with E-state index < -0.39 is 9.84 Å². The maximum absolute atomic E-state index is 11.5. The SMILES string of the molecule is CCS(=O)(=O)CCCN1CCCc2cc(CN)ccc21. The molecule has 1 aromatic rings. The van der Waals surface area contributed by atoms with Crippen molar-refractivity contribution in [1.82, 2.24) is 0 Å². The minimum atomic E-state index is -2.85. The van der Waals surface area contributed by atoms with E-state index in [1.807, 2.05) is 0 Å². The summed E-state index contributed by atoms with van der Waals surface area (Å²) in [7, 11) is -2.85. The lowest BCUT2D eigenvalue weighted by atomic mass is 9.99. The monoisotopic (exact) mass is 296 g/mol. The molecule has 0 spiro atoms. The van der Waals surface area contributed by atoms with Gasteiger partial charge < -0.3 is 10.6 Å². The van der Waals surface area contributed by atoms with E-state index >= 15 is 0 Å². The number of hydrogen-bond acceptors (Lipinski definition) is 4. The molecule has 0 saturated carbocycles. The molecule has 0 radical (unpaired) electrons. The van der Waals surface area contributed by atoms with Crippen LogP contribution in [-0.2, 0) is 22.8 Å². The van der Waals surface area contributed by atoms with Gasteiger partial charge in [-0.2, -0.15) is 0 Å². The number of aryl methyl sites for hydroxylation is 1. The lowest BCUT2D eigenvalue weighted by molar-refractivity contribution is 0.592. The van der Waals surface area contributed by atoms with E-state index in [1.165, 1.54) is 16.8 Å². The molecule has 0 amide bonds. The van der Waals surface area contributed by atoms with Gasteiger partial charge in [0.1, 0.15) is 9.84 Å². The van der Waals surface area contributed by atoms with Crippen molar-refractivity contribution in [3.63, 3.8) is 0 Å². The maximum atomic E-state index is 11.5. The highest BCUT2D eigenvalue weighted by atomic mass is 32.2. The molecule has 20 heavy (non-hydrogen) atoms. The summed E-state index contributed by atoms with van der Waals surface area (Å²) >= 11 is 0. The normalized spacial score (nSPS) is 15.2. The van der Waals surface area contributed by atoms with Crippen LogP contribution in [0.4, 0.5) is 5.69 Å². The Labute approximate surface area is 121 Å². The Kier molecular flexibility index (Phi) is 5.05. The number of fused-ring (bicyclic) bond motifs is 1. The van der Waals surface area contributed by atoms with Gasteiger partial charge in [-0.1, -0.05) is 19.1 Å². The first-order valence-corrected chi connectivity index (χ1v) is 9.15. The molecule has 112 valence electrons. The van der Waals surface area contributed by atoms with Crippen LogP contribution in [0.25, 0.3) is 0 Å². The van der Waals surface area contributed by atoms with Crippen LogP contribution in [-0.4, -0.2) is 33.0 Å². The van der Waals surface area contributed by atoms with Gasteiger partial charge in [-0.15, -0.1) is 0 Å². The topological polar surface area (TPSA) is 63.4 Å². The van der Waals surface area contributed by atoms with Gasteiger partial charge in [0, 0.05) is 31.1 Å². The van der Waals surface area contributed by atoms with Gasteiger partial charge in [0.25, 0.3) is 0 Å². The van der Waals surface area contributed by atoms with E-state index in [1.54, 1.807) is 6.92 Å². The van der Waals surface area contributed by atoms with Crippen LogP contribution in [0.2, 0.25) is 0 Å². The Hall–Kier alpha value is -1.07. The molecule has 5 heteroatoms. The number of sulfone groups is 1. The molecule has 2 N–H and O–H groups in total. The molecule has 2 rings (SSSR count). The first-order valence-electron chi connectivity index (χ1n) is 7.33. The lowest BCUT2D eigenvalue weighted by Gasteiger charge is -2.31. The fourth-order valence-electron chi connectivity index (χ4n) is 2.71. The average molecular weight is 296 g/mol. The third kappa shape index (κ3) is 3.73. The molecular formula is C15H24N2O2S. The number of benzene rings is 1. The van der Waals surface area contributed by atoms with E-state index in [2.05, 4.69) is 23.1 Å². The van der Waals surface area contributed by atoms with E-state index in [-0.39, 0.29) is 11.5 Å². The smallest absolute Gasteiger partial charge is 0.150 e. The van der Waals surface area contributed by atoms with Crippen molar-refractivity contribution in [1.29, 1.82) is 0 Å². The average Bonchev–Trinajstić information content (AvgIpc) is 2.46. The summed E-state index contributed by atoms with van der Waals surface area (Å²) in [5.74, 6) is 0.527. The van der Waals surface area contributed by atoms with Gasteiger partial charge in [0.2, 0.25) is 0 Å². The van der Waals surface area contributed by atoms with E-state index in [4.69, 9.17) is 5.73 Å². The number of hydrogen-bond donors (Lipinski definition) is 1. The third-order valence-corrected chi connectivity index (χ3v) is 5.71. The highest BCUT2D eigenvalue weighted by molar-refractivity contribution is 7.91. The minimum Gasteiger partial charge on any atom is -0.371 e. The van der Waals surface area contributed by atoms with Crippen molar-refractivity contribution in [3.8, 4) is 0 Å². The molecule has 0 fully saturated rings. The van der Waals surface area contributed by atoms with Crippen molar-refractivity contribution in [2.24, 2.45) is 5.73 Å². The Morgan fingerprint density at radius 2 is 2.15 bits per heavy atom. The third-order valence-electron chi connectivity index (χ3n) is 3.92. The summed E-state index contributed by atoms with van der Waals surface area (Å²) in [6.07, 6.45) is 2.92. The summed E-state index contributed by atoms with van der Waals surface area (Å²) in [5.41, 5.74) is 9.44. The Morgan fingerprint density at radius 3 is 2.85 bits per heavy atom. The van der Waals surface area contributed by atoms with Crippen LogP contribution in [0.5, 0.6) is 0 Å². The van der Waals surface area contributed by atoms with Crippen LogP contribution in [0.1, 0.15) is 30.9 Å². The van der Waals surface area contributed by atoms with Gasteiger partial charge in [0.05, 0.1) is 5.75 Å². The first-order chi connectivity index (χ1) is 9.55. The Bertz CT molecular complexity index is 555. The van der Waals surface area contributed by atoms with Crippen molar-refractivity contribution in [2.45, 2.75) is 32.7 Å². The predicted molar refractivity (Wildman–Crippen MR) is 83.8 cm³/mol. The van der Waals surface area contributed by atoms with Crippen molar-refractivity contribution in [2.75, 3.05) is 29.5 Å². The van der Waals surface area contributed by atoms with Crippen LogP contribution in [0.3, 0.4) is 0 Å². The molecule has 0 aromatic heterocycles. The van der Waals surface area contributed by atoms with E-state index in [0.717, 1.165) is 25.9 Å². The molecule has 1 aliphatic rings. The fraction of sp³-hybridized carbons (Fsp3) is 0.600. The van der Waals surface area contributed by atoms with Crippen LogP contribution >= 0.6 is 0 Å². The van der Waals surface area contributed by atoms with Crippen molar-refractivity contribution >= 4 is 15.5 Å². The standard InChI is InChI=1S/C15H24N2O2S/c1-2-20(18,19)10-4-9-17-8-3-5-14-11-13(12-16)6-7-15(14)17/h6-7,11H,2-5,8-10,12,16H2,1H3. The summed E-state index contributed by atoms with van der Waals surface area (Å²) in [6, 6.07) is 6.38. The highest BCUT2D eigenvalue weighted by Gasteiger charge is 2.17. The van der Waals surface area contributed by atoms with Crippen LogP contribution < -0.4 is 10.6 Å². The summed E-state index contributed by atoms with van der Waals surface area (Å²) in [5, 5.41) is 0. The van der Waals surface area contributed by atoms with Crippen LogP contribution in [0.15, 0.2) is 18.2 Å². The molecular weight excluding hydrogens is 272 g/mol. The second-order valence-electron chi connectivity index (χ2n) is 5.35.